The second-order valence-corrected chi connectivity index (χ2v) is 5.29. The number of rotatable bonds is 5. The highest BCUT2D eigenvalue weighted by Crippen LogP contribution is 2.03. The van der Waals surface area contributed by atoms with Crippen LogP contribution in [0, 0.1) is 0 Å². The number of hydrogen-bond acceptors (Lipinski definition) is 3. The first kappa shape index (κ1) is 13.1. The van der Waals surface area contributed by atoms with Crippen LogP contribution < -0.4 is 0 Å². The van der Waals surface area contributed by atoms with Gasteiger partial charge < -0.3 is 9.80 Å². The van der Waals surface area contributed by atoms with Gasteiger partial charge in [-0.15, -0.1) is 0 Å². The summed E-state index contributed by atoms with van der Waals surface area (Å²) in [5, 5.41) is 5.33. The average molecular weight is 301 g/mol. The highest BCUT2D eigenvalue weighted by molar-refractivity contribution is 9.09. The third-order valence-corrected chi connectivity index (χ3v) is 3.64. The number of halogens is 1. The van der Waals surface area contributed by atoms with Crippen LogP contribution in [-0.2, 0) is 6.54 Å². The van der Waals surface area contributed by atoms with E-state index in [0.717, 1.165) is 18.4 Å². The van der Waals surface area contributed by atoms with E-state index in [1.54, 1.807) is 0 Å². The smallest absolute Gasteiger partial charge is 0.0536 e. The van der Waals surface area contributed by atoms with Crippen LogP contribution in [0.5, 0.6) is 0 Å². The fraction of sp³-hybridized carbons (Fsp3) is 0.750. The molecule has 4 nitrogen and oxygen atoms in total. The molecule has 0 unspecified atom stereocenters. The van der Waals surface area contributed by atoms with Gasteiger partial charge in [-0.05, 0) is 25.6 Å². The molecular formula is C12H21BrN4. The number of aromatic nitrogens is 2. The summed E-state index contributed by atoms with van der Waals surface area (Å²) in [4.78, 5) is 5.10. The molecule has 0 saturated carbocycles. The SMILES string of the molecule is BrCCN1CCCN(CCn2cccn2)CC1. The van der Waals surface area contributed by atoms with Crippen LogP contribution in [0.25, 0.3) is 0 Å². The largest absolute Gasteiger partial charge is 0.301 e. The van der Waals surface area contributed by atoms with E-state index in [4.69, 9.17) is 0 Å². The maximum atomic E-state index is 4.24. The van der Waals surface area contributed by atoms with Gasteiger partial charge in [0.2, 0.25) is 0 Å². The molecule has 0 aliphatic carbocycles. The summed E-state index contributed by atoms with van der Waals surface area (Å²) in [6.45, 7) is 8.14. The molecule has 96 valence electrons. The molecule has 1 saturated heterocycles. The molecule has 5 heteroatoms. The van der Waals surface area contributed by atoms with Gasteiger partial charge in [-0.3, -0.25) is 4.68 Å². The van der Waals surface area contributed by atoms with E-state index in [1.807, 2.05) is 23.1 Å². The van der Waals surface area contributed by atoms with Gasteiger partial charge in [0, 0.05) is 43.9 Å². The first-order chi connectivity index (χ1) is 8.38. The second kappa shape index (κ2) is 7.13. The zero-order valence-electron chi connectivity index (χ0n) is 10.3. The molecule has 0 spiro atoms. The van der Waals surface area contributed by atoms with Crippen molar-refractivity contribution in [1.29, 1.82) is 0 Å². The summed E-state index contributed by atoms with van der Waals surface area (Å²) >= 11 is 3.52. The predicted molar refractivity (Wildman–Crippen MR) is 73.5 cm³/mol. The van der Waals surface area contributed by atoms with Gasteiger partial charge in [0.15, 0.2) is 0 Å². The van der Waals surface area contributed by atoms with Crippen molar-refractivity contribution in [1.82, 2.24) is 19.6 Å². The predicted octanol–water partition coefficient (Wildman–Crippen LogP) is 1.29. The lowest BCUT2D eigenvalue weighted by Gasteiger charge is -2.21. The highest BCUT2D eigenvalue weighted by Gasteiger charge is 2.13. The fourth-order valence-corrected chi connectivity index (χ4v) is 2.77. The van der Waals surface area contributed by atoms with Gasteiger partial charge in [-0.2, -0.15) is 5.10 Å². The maximum absolute atomic E-state index is 4.24. The Labute approximate surface area is 112 Å². The van der Waals surface area contributed by atoms with Gasteiger partial charge in [-0.25, -0.2) is 0 Å². The monoisotopic (exact) mass is 300 g/mol. The lowest BCUT2D eigenvalue weighted by Crippen LogP contribution is -2.33. The summed E-state index contributed by atoms with van der Waals surface area (Å²) in [5.74, 6) is 0. The van der Waals surface area contributed by atoms with E-state index in [2.05, 4.69) is 30.8 Å². The summed E-state index contributed by atoms with van der Waals surface area (Å²) in [6, 6.07) is 1.99. The Kier molecular flexibility index (Phi) is 5.48. The second-order valence-electron chi connectivity index (χ2n) is 4.49. The van der Waals surface area contributed by atoms with Crippen LogP contribution in [0.1, 0.15) is 6.42 Å². The Morgan fingerprint density at radius 3 is 2.41 bits per heavy atom. The van der Waals surface area contributed by atoms with Crippen molar-refractivity contribution in [3.05, 3.63) is 18.5 Å². The van der Waals surface area contributed by atoms with E-state index in [9.17, 15) is 0 Å². The molecule has 1 aliphatic heterocycles. The summed E-state index contributed by atoms with van der Waals surface area (Å²) in [5.41, 5.74) is 0. The third kappa shape index (κ3) is 4.41. The number of nitrogens with zero attached hydrogens (tertiary/aromatic N) is 4. The number of hydrogen-bond donors (Lipinski definition) is 0. The van der Waals surface area contributed by atoms with Crippen LogP contribution in [0.15, 0.2) is 18.5 Å². The Bertz CT molecular complexity index is 301. The zero-order valence-corrected chi connectivity index (χ0v) is 11.8. The lowest BCUT2D eigenvalue weighted by molar-refractivity contribution is 0.254. The molecule has 17 heavy (non-hydrogen) atoms. The molecule has 0 atom stereocenters. The molecule has 2 rings (SSSR count). The summed E-state index contributed by atoms with van der Waals surface area (Å²) < 4.78 is 2.02. The Morgan fingerprint density at radius 2 is 1.76 bits per heavy atom. The molecule has 1 fully saturated rings. The molecule has 0 amide bonds. The van der Waals surface area contributed by atoms with Crippen LogP contribution in [0.3, 0.4) is 0 Å². The van der Waals surface area contributed by atoms with Crippen molar-refractivity contribution < 1.29 is 0 Å². The van der Waals surface area contributed by atoms with Crippen molar-refractivity contribution in [3.8, 4) is 0 Å². The Morgan fingerprint density at radius 1 is 1.00 bits per heavy atom. The molecule has 0 aromatic carbocycles. The minimum atomic E-state index is 1.01. The molecule has 0 N–H and O–H groups in total. The van der Waals surface area contributed by atoms with Gasteiger partial charge in [0.1, 0.15) is 0 Å². The maximum Gasteiger partial charge on any atom is 0.0536 e. The van der Waals surface area contributed by atoms with Crippen LogP contribution in [-0.4, -0.2) is 64.2 Å². The fourth-order valence-electron chi connectivity index (χ4n) is 2.27. The van der Waals surface area contributed by atoms with Gasteiger partial charge in [-0.1, -0.05) is 15.9 Å². The van der Waals surface area contributed by atoms with Crippen molar-refractivity contribution in [3.63, 3.8) is 0 Å². The van der Waals surface area contributed by atoms with Crippen LogP contribution >= 0.6 is 15.9 Å². The third-order valence-electron chi connectivity index (χ3n) is 3.29. The first-order valence-electron chi connectivity index (χ1n) is 6.36. The molecule has 1 aromatic rings. The minimum absolute atomic E-state index is 1.01. The molecule has 1 aliphatic rings. The highest BCUT2D eigenvalue weighted by atomic mass is 79.9. The van der Waals surface area contributed by atoms with E-state index >= 15 is 0 Å². The van der Waals surface area contributed by atoms with Crippen LogP contribution in [0.4, 0.5) is 0 Å². The van der Waals surface area contributed by atoms with E-state index in [1.165, 1.54) is 39.1 Å². The van der Waals surface area contributed by atoms with Crippen molar-refractivity contribution in [2.45, 2.75) is 13.0 Å². The molecule has 0 bridgehead atoms. The summed E-state index contributed by atoms with van der Waals surface area (Å²) in [7, 11) is 0. The Hall–Kier alpha value is -0.390. The lowest BCUT2D eigenvalue weighted by atomic mass is 10.4. The number of alkyl halides is 1. The van der Waals surface area contributed by atoms with Gasteiger partial charge >= 0.3 is 0 Å². The average Bonchev–Trinajstić information content (AvgIpc) is 2.75. The Balaban J connectivity index is 1.71. The van der Waals surface area contributed by atoms with Crippen molar-refractivity contribution in [2.24, 2.45) is 0 Å². The zero-order chi connectivity index (χ0) is 11.9. The normalized spacial score (nSPS) is 19.4. The molecule has 2 heterocycles. The molecule has 0 radical (unpaired) electrons. The quantitative estimate of drug-likeness (QED) is 0.766. The van der Waals surface area contributed by atoms with Gasteiger partial charge in [0.05, 0.1) is 6.54 Å². The van der Waals surface area contributed by atoms with Crippen molar-refractivity contribution >= 4 is 15.9 Å². The summed E-state index contributed by atoms with van der Waals surface area (Å²) in [6.07, 6.45) is 5.17. The van der Waals surface area contributed by atoms with Gasteiger partial charge in [0.25, 0.3) is 0 Å². The van der Waals surface area contributed by atoms with E-state index in [-0.39, 0.29) is 0 Å². The standard InChI is InChI=1S/C12H21BrN4/c13-3-8-15-5-2-6-16(10-9-15)11-12-17-7-1-4-14-17/h1,4,7H,2-3,5-6,8-12H2. The topological polar surface area (TPSA) is 24.3 Å². The molecular weight excluding hydrogens is 280 g/mol. The van der Waals surface area contributed by atoms with Crippen LogP contribution in [0.2, 0.25) is 0 Å². The van der Waals surface area contributed by atoms with Crippen molar-refractivity contribution in [2.75, 3.05) is 44.6 Å². The van der Waals surface area contributed by atoms with E-state index < -0.39 is 0 Å². The first-order valence-corrected chi connectivity index (χ1v) is 7.49. The minimum Gasteiger partial charge on any atom is -0.301 e. The van der Waals surface area contributed by atoms with E-state index in [0.29, 0.717) is 0 Å². The molecule has 1 aromatic heterocycles.